The lowest BCUT2D eigenvalue weighted by Gasteiger charge is -2.32. The molecule has 0 N–H and O–H groups in total. The molecule has 1 aliphatic rings. The van der Waals surface area contributed by atoms with E-state index < -0.39 is 0 Å². The van der Waals surface area contributed by atoms with Gasteiger partial charge in [-0.05, 0) is 25.0 Å². The number of rotatable bonds is 3. The molecule has 2 heterocycles. The van der Waals surface area contributed by atoms with E-state index in [0.717, 1.165) is 18.5 Å². The SMILES string of the molecule is C#CCN(C(=O)c1cn2ccccc2n1)C1CCCCC1. The van der Waals surface area contributed by atoms with Crippen LogP contribution in [0.5, 0.6) is 0 Å². The Morgan fingerprint density at radius 2 is 2.19 bits per heavy atom. The molecule has 0 atom stereocenters. The fraction of sp³-hybridized carbons (Fsp3) is 0.412. The van der Waals surface area contributed by atoms with Gasteiger partial charge < -0.3 is 9.30 Å². The van der Waals surface area contributed by atoms with E-state index in [1.165, 1.54) is 19.3 Å². The van der Waals surface area contributed by atoms with E-state index in [2.05, 4.69) is 10.9 Å². The summed E-state index contributed by atoms with van der Waals surface area (Å²) in [5, 5.41) is 0. The number of fused-ring (bicyclic) bond motifs is 1. The maximum Gasteiger partial charge on any atom is 0.275 e. The van der Waals surface area contributed by atoms with Crippen molar-refractivity contribution in [1.82, 2.24) is 14.3 Å². The Labute approximate surface area is 124 Å². The fourth-order valence-corrected chi connectivity index (χ4v) is 3.04. The molecule has 21 heavy (non-hydrogen) atoms. The molecular weight excluding hydrogens is 262 g/mol. The fourth-order valence-electron chi connectivity index (χ4n) is 3.04. The first kappa shape index (κ1) is 13.7. The quantitative estimate of drug-likeness (QED) is 0.811. The van der Waals surface area contributed by atoms with Crippen LogP contribution in [0, 0.1) is 12.3 Å². The van der Waals surface area contributed by atoms with Gasteiger partial charge in [0.25, 0.3) is 5.91 Å². The summed E-state index contributed by atoms with van der Waals surface area (Å²) in [5.41, 5.74) is 1.26. The molecule has 0 aromatic carbocycles. The van der Waals surface area contributed by atoms with Gasteiger partial charge in [-0.2, -0.15) is 0 Å². The van der Waals surface area contributed by atoms with Crippen LogP contribution in [0.4, 0.5) is 0 Å². The van der Waals surface area contributed by atoms with Crippen molar-refractivity contribution in [1.29, 1.82) is 0 Å². The van der Waals surface area contributed by atoms with Gasteiger partial charge in [0.15, 0.2) is 0 Å². The first-order chi connectivity index (χ1) is 10.3. The van der Waals surface area contributed by atoms with E-state index in [4.69, 9.17) is 6.42 Å². The molecule has 1 fully saturated rings. The zero-order valence-corrected chi connectivity index (χ0v) is 12.0. The van der Waals surface area contributed by atoms with Crippen molar-refractivity contribution in [3.05, 3.63) is 36.3 Å². The molecule has 3 rings (SSSR count). The average Bonchev–Trinajstić information content (AvgIpc) is 2.97. The molecule has 2 aromatic rings. The number of carbonyl (C=O) groups excluding carboxylic acids is 1. The largest absolute Gasteiger partial charge is 0.323 e. The molecule has 0 saturated heterocycles. The van der Waals surface area contributed by atoms with Gasteiger partial charge in [0.05, 0.1) is 6.54 Å². The molecule has 1 amide bonds. The lowest BCUT2D eigenvalue weighted by Crippen LogP contribution is -2.41. The van der Waals surface area contributed by atoms with Gasteiger partial charge in [-0.3, -0.25) is 4.79 Å². The van der Waals surface area contributed by atoms with Crippen LogP contribution in [0.2, 0.25) is 0 Å². The predicted octanol–water partition coefficient (Wildman–Crippen LogP) is 2.74. The summed E-state index contributed by atoms with van der Waals surface area (Å²) in [6.07, 6.45) is 14.8. The molecule has 4 heteroatoms. The lowest BCUT2D eigenvalue weighted by molar-refractivity contribution is 0.0662. The molecule has 4 nitrogen and oxygen atoms in total. The summed E-state index contributed by atoms with van der Waals surface area (Å²) < 4.78 is 1.86. The minimum Gasteiger partial charge on any atom is -0.323 e. The number of carbonyl (C=O) groups is 1. The van der Waals surface area contributed by atoms with Crippen LogP contribution in [-0.2, 0) is 0 Å². The standard InChI is InChI=1S/C17H19N3O/c1-2-11-20(14-8-4-3-5-9-14)17(21)15-13-19-12-7-6-10-16(19)18-15/h1,6-7,10,12-14H,3-5,8-9,11H2. The van der Waals surface area contributed by atoms with E-state index in [-0.39, 0.29) is 11.9 Å². The van der Waals surface area contributed by atoms with E-state index in [9.17, 15) is 4.79 Å². The second-order valence-electron chi connectivity index (χ2n) is 5.52. The summed E-state index contributed by atoms with van der Waals surface area (Å²) >= 11 is 0. The lowest BCUT2D eigenvalue weighted by atomic mass is 9.94. The van der Waals surface area contributed by atoms with Crippen LogP contribution < -0.4 is 0 Å². The number of terminal acetylenes is 1. The van der Waals surface area contributed by atoms with Crippen LogP contribution in [0.15, 0.2) is 30.6 Å². The third-order valence-electron chi connectivity index (χ3n) is 4.12. The highest BCUT2D eigenvalue weighted by Crippen LogP contribution is 2.23. The highest BCUT2D eigenvalue weighted by molar-refractivity contribution is 5.93. The number of aromatic nitrogens is 2. The number of hydrogen-bond acceptors (Lipinski definition) is 2. The Kier molecular flexibility index (Phi) is 3.92. The van der Waals surface area contributed by atoms with Gasteiger partial charge in [-0.15, -0.1) is 6.42 Å². The molecule has 0 bridgehead atoms. The van der Waals surface area contributed by atoms with E-state index in [1.54, 1.807) is 6.20 Å². The maximum absolute atomic E-state index is 12.8. The summed E-state index contributed by atoms with van der Waals surface area (Å²) in [4.78, 5) is 19.0. The summed E-state index contributed by atoms with van der Waals surface area (Å²) in [5.74, 6) is 2.57. The third-order valence-corrected chi connectivity index (χ3v) is 4.12. The van der Waals surface area contributed by atoms with Gasteiger partial charge in [-0.25, -0.2) is 4.98 Å². The normalized spacial score (nSPS) is 15.8. The Bertz CT molecular complexity index is 644. The Morgan fingerprint density at radius 1 is 1.38 bits per heavy atom. The van der Waals surface area contributed by atoms with Crippen LogP contribution in [-0.4, -0.2) is 32.8 Å². The number of hydrogen-bond donors (Lipinski definition) is 0. The number of nitrogens with zero attached hydrogens (tertiary/aromatic N) is 3. The predicted molar refractivity (Wildman–Crippen MR) is 81.9 cm³/mol. The number of imidazole rings is 1. The molecule has 0 spiro atoms. The topological polar surface area (TPSA) is 37.6 Å². The van der Waals surface area contributed by atoms with Crippen molar-refractivity contribution in [3.8, 4) is 12.3 Å². The first-order valence-corrected chi connectivity index (χ1v) is 7.48. The van der Waals surface area contributed by atoms with Gasteiger partial charge in [0.2, 0.25) is 0 Å². The average molecular weight is 281 g/mol. The third kappa shape index (κ3) is 2.78. The minimum absolute atomic E-state index is 0.0523. The molecule has 108 valence electrons. The molecule has 1 saturated carbocycles. The second kappa shape index (κ2) is 6.01. The summed E-state index contributed by atoms with van der Waals surface area (Å²) in [7, 11) is 0. The Balaban J connectivity index is 1.87. The smallest absolute Gasteiger partial charge is 0.275 e. The van der Waals surface area contributed by atoms with E-state index in [1.807, 2.05) is 33.7 Å². The Morgan fingerprint density at radius 3 is 2.90 bits per heavy atom. The van der Waals surface area contributed by atoms with Gasteiger partial charge in [-0.1, -0.05) is 31.2 Å². The molecule has 0 unspecified atom stereocenters. The highest BCUT2D eigenvalue weighted by atomic mass is 16.2. The first-order valence-electron chi connectivity index (χ1n) is 7.48. The maximum atomic E-state index is 12.8. The van der Waals surface area contributed by atoms with Gasteiger partial charge in [0, 0.05) is 18.4 Å². The van der Waals surface area contributed by atoms with E-state index >= 15 is 0 Å². The zero-order chi connectivity index (χ0) is 14.7. The molecular formula is C17H19N3O. The van der Waals surface area contributed by atoms with Gasteiger partial charge >= 0.3 is 0 Å². The van der Waals surface area contributed by atoms with Crippen molar-refractivity contribution in [2.45, 2.75) is 38.1 Å². The molecule has 0 aliphatic heterocycles. The van der Waals surface area contributed by atoms with Crippen LogP contribution in [0.25, 0.3) is 5.65 Å². The number of amides is 1. The Hall–Kier alpha value is -2.28. The molecule has 1 aliphatic carbocycles. The summed E-state index contributed by atoms with van der Waals surface area (Å²) in [6.45, 7) is 0.359. The monoisotopic (exact) mass is 281 g/mol. The van der Waals surface area contributed by atoms with Crippen LogP contribution >= 0.6 is 0 Å². The van der Waals surface area contributed by atoms with Crippen LogP contribution in [0.3, 0.4) is 0 Å². The molecule has 0 radical (unpaired) electrons. The van der Waals surface area contributed by atoms with Crippen molar-refractivity contribution >= 4 is 11.6 Å². The van der Waals surface area contributed by atoms with Crippen molar-refractivity contribution in [2.75, 3.05) is 6.54 Å². The van der Waals surface area contributed by atoms with Gasteiger partial charge in [0.1, 0.15) is 11.3 Å². The highest BCUT2D eigenvalue weighted by Gasteiger charge is 2.27. The van der Waals surface area contributed by atoms with Crippen molar-refractivity contribution < 1.29 is 4.79 Å². The van der Waals surface area contributed by atoms with Crippen LogP contribution in [0.1, 0.15) is 42.6 Å². The number of pyridine rings is 1. The molecule has 2 aromatic heterocycles. The second-order valence-corrected chi connectivity index (χ2v) is 5.52. The summed E-state index contributed by atoms with van der Waals surface area (Å²) in [6, 6.07) is 5.98. The van der Waals surface area contributed by atoms with E-state index in [0.29, 0.717) is 12.2 Å². The zero-order valence-electron chi connectivity index (χ0n) is 12.0. The minimum atomic E-state index is -0.0523. The van der Waals surface area contributed by atoms with Crippen molar-refractivity contribution in [2.24, 2.45) is 0 Å². The van der Waals surface area contributed by atoms with Crippen molar-refractivity contribution in [3.63, 3.8) is 0 Å².